The lowest BCUT2D eigenvalue weighted by Gasteiger charge is -2.16. The SMILES string of the molecule is CC(=O)O[C@H](/C=C/[C@@H]1C=CC(=O)[C@@H]1C/C=C\CCCC(=O)O)CCC=C(C)C. The number of hydrogen-bond acceptors (Lipinski definition) is 4. The summed E-state index contributed by atoms with van der Waals surface area (Å²) in [6.07, 6.45) is 16.7. The van der Waals surface area contributed by atoms with Crippen molar-refractivity contribution in [2.45, 2.75) is 65.4 Å². The summed E-state index contributed by atoms with van der Waals surface area (Å²) in [6.45, 7) is 5.47. The van der Waals surface area contributed by atoms with Gasteiger partial charge in [0.25, 0.3) is 0 Å². The van der Waals surface area contributed by atoms with Crippen LogP contribution in [0.5, 0.6) is 0 Å². The van der Waals surface area contributed by atoms with E-state index < -0.39 is 5.97 Å². The topological polar surface area (TPSA) is 80.7 Å². The zero-order chi connectivity index (χ0) is 20.9. The number of aliphatic carboxylic acids is 1. The van der Waals surface area contributed by atoms with Gasteiger partial charge in [-0.1, -0.05) is 36.0 Å². The van der Waals surface area contributed by atoms with Crippen LogP contribution in [0.1, 0.15) is 59.3 Å². The highest BCUT2D eigenvalue weighted by atomic mass is 16.5. The Labute approximate surface area is 167 Å². The van der Waals surface area contributed by atoms with Gasteiger partial charge in [0.1, 0.15) is 6.10 Å². The van der Waals surface area contributed by atoms with Gasteiger partial charge in [-0.3, -0.25) is 14.4 Å². The van der Waals surface area contributed by atoms with E-state index in [-0.39, 0.29) is 36.1 Å². The first-order valence-electron chi connectivity index (χ1n) is 9.87. The molecule has 0 fully saturated rings. The van der Waals surface area contributed by atoms with E-state index in [1.54, 1.807) is 6.08 Å². The summed E-state index contributed by atoms with van der Waals surface area (Å²) in [5.74, 6) is -1.18. The molecular weight excluding hydrogens is 356 g/mol. The Balaban J connectivity index is 2.60. The number of carboxylic acids is 1. The normalized spacial score (nSPS) is 20.0. The van der Waals surface area contributed by atoms with E-state index in [1.807, 2.05) is 44.2 Å². The minimum absolute atomic E-state index is 0.0160. The van der Waals surface area contributed by atoms with E-state index in [1.165, 1.54) is 12.5 Å². The number of carboxylic acid groups (broad SMARTS) is 1. The molecule has 1 aliphatic rings. The van der Waals surface area contributed by atoms with Crippen molar-refractivity contribution >= 4 is 17.7 Å². The smallest absolute Gasteiger partial charge is 0.303 e. The van der Waals surface area contributed by atoms with Crippen LogP contribution in [0.2, 0.25) is 0 Å². The van der Waals surface area contributed by atoms with Gasteiger partial charge in [-0.2, -0.15) is 0 Å². The Bertz CT molecular complexity index is 650. The minimum atomic E-state index is -0.791. The Kier molecular flexibility index (Phi) is 10.8. The molecular formula is C23H32O5. The standard InChI is InChI=1S/C23H32O5/c1-17(2)9-8-10-20(28-18(3)24)15-13-19-14-16-22(25)21(19)11-6-4-5-7-12-23(26)27/h4,6,9,13-16,19-21H,5,7-8,10-12H2,1-3H3,(H,26,27)/b6-4-,15-13+/t19-,20+,21-/m1/s1. The Morgan fingerprint density at radius 2 is 1.96 bits per heavy atom. The van der Waals surface area contributed by atoms with Crippen LogP contribution < -0.4 is 0 Å². The van der Waals surface area contributed by atoms with E-state index in [9.17, 15) is 14.4 Å². The lowest BCUT2D eigenvalue weighted by atomic mass is 9.90. The minimum Gasteiger partial charge on any atom is -0.481 e. The van der Waals surface area contributed by atoms with Crippen molar-refractivity contribution in [3.8, 4) is 0 Å². The second-order valence-electron chi connectivity index (χ2n) is 7.33. The Hall–Kier alpha value is -2.43. The molecule has 28 heavy (non-hydrogen) atoms. The second kappa shape index (κ2) is 12.9. The summed E-state index contributed by atoms with van der Waals surface area (Å²) < 4.78 is 5.37. The van der Waals surface area contributed by atoms with Gasteiger partial charge in [-0.25, -0.2) is 0 Å². The molecule has 0 aromatic heterocycles. The number of ketones is 1. The molecule has 3 atom stereocenters. The molecule has 0 saturated carbocycles. The average Bonchev–Trinajstić information content (AvgIpc) is 2.94. The maximum Gasteiger partial charge on any atom is 0.303 e. The number of hydrogen-bond donors (Lipinski definition) is 1. The molecule has 5 nitrogen and oxygen atoms in total. The molecule has 1 aliphatic carbocycles. The van der Waals surface area contributed by atoms with Gasteiger partial charge in [0.15, 0.2) is 5.78 Å². The Morgan fingerprint density at radius 1 is 1.21 bits per heavy atom. The summed E-state index contributed by atoms with van der Waals surface area (Å²) in [5, 5.41) is 8.63. The van der Waals surface area contributed by atoms with Crippen LogP contribution in [0.4, 0.5) is 0 Å². The number of allylic oxidation sites excluding steroid dienone is 7. The number of carbonyl (C=O) groups excluding carboxylic acids is 2. The van der Waals surface area contributed by atoms with Gasteiger partial charge < -0.3 is 9.84 Å². The quantitative estimate of drug-likeness (QED) is 0.295. The largest absolute Gasteiger partial charge is 0.481 e. The first-order chi connectivity index (χ1) is 13.3. The summed E-state index contributed by atoms with van der Waals surface area (Å²) in [5.41, 5.74) is 1.23. The van der Waals surface area contributed by atoms with E-state index in [4.69, 9.17) is 9.84 Å². The third-order valence-corrected chi connectivity index (χ3v) is 4.50. The highest BCUT2D eigenvalue weighted by Gasteiger charge is 2.27. The van der Waals surface area contributed by atoms with Crippen molar-refractivity contribution in [3.63, 3.8) is 0 Å². The fourth-order valence-corrected chi connectivity index (χ4v) is 3.05. The lowest BCUT2D eigenvalue weighted by molar-refractivity contribution is -0.144. The molecule has 0 radical (unpaired) electrons. The van der Waals surface area contributed by atoms with Gasteiger partial charge in [-0.15, -0.1) is 0 Å². The maximum absolute atomic E-state index is 12.1. The fourth-order valence-electron chi connectivity index (χ4n) is 3.05. The van der Waals surface area contributed by atoms with Crippen molar-refractivity contribution in [1.82, 2.24) is 0 Å². The Morgan fingerprint density at radius 3 is 2.61 bits per heavy atom. The van der Waals surface area contributed by atoms with E-state index >= 15 is 0 Å². The second-order valence-corrected chi connectivity index (χ2v) is 7.33. The van der Waals surface area contributed by atoms with Crippen molar-refractivity contribution in [2.75, 3.05) is 0 Å². The molecule has 0 heterocycles. The molecule has 0 aromatic carbocycles. The highest BCUT2D eigenvalue weighted by Crippen LogP contribution is 2.27. The molecule has 5 heteroatoms. The molecule has 1 N–H and O–H groups in total. The number of rotatable bonds is 12. The number of carbonyl (C=O) groups is 3. The summed E-state index contributed by atoms with van der Waals surface area (Å²) >= 11 is 0. The molecule has 0 bridgehead atoms. The third kappa shape index (κ3) is 10.0. The molecule has 0 spiro atoms. The van der Waals surface area contributed by atoms with Crippen LogP contribution >= 0.6 is 0 Å². The van der Waals surface area contributed by atoms with Gasteiger partial charge in [0.2, 0.25) is 0 Å². The monoisotopic (exact) mass is 388 g/mol. The highest BCUT2D eigenvalue weighted by molar-refractivity contribution is 5.95. The molecule has 154 valence electrons. The van der Waals surface area contributed by atoms with Crippen LogP contribution in [0.15, 0.2) is 48.1 Å². The third-order valence-electron chi connectivity index (χ3n) is 4.50. The van der Waals surface area contributed by atoms with E-state index in [2.05, 4.69) is 6.08 Å². The number of unbranched alkanes of at least 4 members (excludes halogenated alkanes) is 1. The van der Waals surface area contributed by atoms with Crippen LogP contribution in [0.3, 0.4) is 0 Å². The van der Waals surface area contributed by atoms with Crippen molar-refractivity contribution < 1.29 is 24.2 Å². The van der Waals surface area contributed by atoms with Gasteiger partial charge >= 0.3 is 11.9 Å². The number of esters is 1. The van der Waals surface area contributed by atoms with Crippen molar-refractivity contribution in [3.05, 3.63) is 48.1 Å². The van der Waals surface area contributed by atoms with Gasteiger partial charge in [-0.05, 0) is 58.1 Å². The molecule has 1 rings (SSSR count). The van der Waals surface area contributed by atoms with Gasteiger partial charge in [0.05, 0.1) is 0 Å². The summed E-state index contributed by atoms with van der Waals surface area (Å²) in [6, 6.07) is 0. The molecule has 0 saturated heterocycles. The predicted octanol–water partition coefficient (Wildman–Crippen LogP) is 4.79. The molecule has 0 unspecified atom stereocenters. The van der Waals surface area contributed by atoms with Crippen LogP contribution in [0.25, 0.3) is 0 Å². The zero-order valence-electron chi connectivity index (χ0n) is 17.1. The maximum atomic E-state index is 12.1. The number of ether oxygens (including phenoxy) is 1. The average molecular weight is 389 g/mol. The van der Waals surface area contributed by atoms with Crippen LogP contribution in [0, 0.1) is 11.8 Å². The van der Waals surface area contributed by atoms with E-state index in [0.29, 0.717) is 25.7 Å². The van der Waals surface area contributed by atoms with Crippen LogP contribution in [-0.4, -0.2) is 28.9 Å². The summed E-state index contributed by atoms with van der Waals surface area (Å²) in [7, 11) is 0. The predicted molar refractivity (Wildman–Crippen MR) is 110 cm³/mol. The fraction of sp³-hybridized carbons (Fsp3) is 0.522. The molecule has 0 amide bonds. The first-order valence-corrected chi connectivity index (χ1v) is 9.87. The van der Waals surface area contributed by atoms with Gasteiger partial charge in [0, 0.05) is 25.2 Å². The lowest BCUT2D eigenvalue weighted by Crippen LogP contribution is -2.16. The summed E-state index contributed by atoms with van der Waals surface area (Å²) in [4.78, 5) is 34.0. The van der Waals surface area contributed by atoms with Crippen LogP contribution in [-0.2, 0) is 19.1 Å². The van der Waals surface area contributed by atoms with Crippen molar-refractivity contribution in [2.24, 2.45) is 11.8 Å². The van der Waals surface area contributed by atoms with E-state index in [0.717, 1.165) is 6.42 Å². The molecule has 0 aromatic rings. The van der Waals surface area contributed by atoms with Crippen molar-refractivity contribution in [1.29, 1.82) is 0 Å². The molecule has 0 aliphatic heterocycles. The zero-order valence-corrected chi connectivity index (χ0v) is 17.1. The first kappa shape index (κ1) is 23.6.